The second kappa shape index (κ2) is 7.60. The van der Waals surface area contributed by atoms with E-state index in [1.165, 1.54) is 42.7 Å². The van der Waals surface area contributed by atoms with Gasteiger partial charge < -0.3 is 9.47 Å². The van der Waals surface area contributed by atoms with Crippen LogP contribution in [0.1, 0.15) is 11.3 Å². The normalized spacial score (nSPS) is 14.6. The number of pyridine rings is 1. The first kappa shape index (κ1) is 18.4. The zero-order chi connectivity index (χ0) is 20.4. The van der Waals surface area contributed by atoms with Gasteiger partial charge >= 0.3 is 11.7 Å². The summed E-state index contributed by atoms with van der Waals surface area (Å²) in [6.45, 7) is 0. The van der Waals surface area contributed by atoms with Crippen molar-refractivity contribution < 1.29 is 19.2 Å². The number of aliphatic imine (C=N–C) groups is 1. The van der Waals surface area contributed by atoms with Crippen molar-refractivity contribution in [1.82, 2.24) is 9.97 Å². The number of esters is 1. The smallest absolute Gasteiger partial charge is 0.363 e. The van der Waals surface area contributed by atoms with Crippen LogP contribution < -0.4 is 4.74 Å². The molecule has 3 heterocycles. The third-order valence-electron chi connectivity index (χ3n) is 3.93. The first-order chi connectivity index (χ1) is 14.0. The number of hydrogen-bond donors (Lipinski definition) is 0. The first-order valence-electron chi connectivity index (χ1n) is 8.27. The molecule has 144 valence electrons. The highest BCUT2D eigenvalue weighted by atomic mass is 32.1. The van der Waals surface area contributed by atoms with E-state index in [1.807, 2.05) is 18.2 Å². The summed E-state index contributed by atoms with van der Waals surface area (Å²) in [5.41, 5.74) is 1.36. The summed E-state index contributed by atoms with van der Waals surface area (Å²) in [7, 11) is 1.34. The Labute approximate surface area is 168 Å². The van der Waals surface area contributed by atoms with Crippen LogP contribution >= 0.6 is 11.3 Å². The molecule has 3 aromatic rings. The molecule has 0 amide bonds. The third-order valence-corrected chi connectivity index (χ3v) is 4.82. The number of nitro groups is 1. The Morgan fingerprint density at radius 1 is 1.28 bits per heavy atom. The minimum Gasteiger partial charge on any atom is -0.490 e. The second-order valence-electron chi connectivity index (χ2n) is 5.77. The van der Waals surface area contributed by atoms with Gasteiger partial charge in [0.15, 0.2) is 11.4 Å². The average molecular weight is 408 g/mol. The SMILES string of the molecule is COc1ccc(C2=N/C(=C/c3csc(-c4ccccn4)n3)C(=O)O2)cc1[N+](=O)[O-]. The van der Waals surface area contributed by atoms with E-state index in [-0.39, 0.29) is 23.0 Å². The van der Waals surface area contributed by atoms with Crippen LogP contribution in [0.5, 0.6) is 5.75 Å². The fraction of sp³-hybridized carbons (Fsp3) is 0.0526. The van der Waals surface area contributed by atoms with E-state index in [0.717, 1.165) is 5.69 Å². The topological polar surface area (TPSA) is 117 Å². The molecule has 0 atom stereocenters. The van der Waals surface area contributed by atoms with Crippen LogP contribution in [0.2, 0.25) is 0 Å². The first-order valence-corrected chi connectivity index (χ1v) is 9.15. The van der Waals surface area contributed by atoms with E-state index in [0.29, 0.717) is 16.3 Å². The Bertz CT molecular complexity index is 1170. The molecule has 4 rings (SSSR count). The molecule has 0 saturated carbocycles. The van der Waals surface area contributed by atoms with Crippen LogP contribution in [0.3, 0.4) is 0 Å². The lowest BCUT2D eigenvalue weighted by Crippen LogP contribution is -2.06. The van der Waals surface area contributed by atoms with Gasteiger partial charge in [0.1, 0.15) is 5.01 Å². The number of rotatable bonds is 5. The van der Waals surface area contributed by atoms with Gasteiger partial charge in [0, 0.05) is 23.2 Å². The van der Waals surface area contributed by atoms with E-state index in [2.05, 4.69) is 15.0 Å². The maximum absolute atomic E-state index is 12.2. The Morgan fingerprint density at radius 2 is 2.14 bits per heavy atom. The van der Waals surface area contributed by atoms with Gasteiger partial charge in [0.25, 0.3) is 0 Å². The van der Waals surface area contributed by atoms with Crippen molar-refractivity contribution in [2.24, 2.45) is 4.99 Å². The Kier molecular flexibility index (Phi) is 4.83. The number of nitrogens with zero attached hydrogens (tertiary/aromatic N) is 4. The molecular formula is C19H12N4O5S. The number of hydrogen-bond acceptors (Lipinski definition) is 9. The lowest BCUT2D eigenvalue weighted by atomic mass is 10.2. The maximum atomic E-state index is 12.2. The van der Waals surface area contributed by atoms with Gasteiger partial charge in [-0.1, -0.05) is 6.07 Å². The van der Waals surface area contributed by atoms with Gasteiger partial charge in [-0.05, 0) is 30.3 Å². The van der Waals surface area contributed by atoms with Gasteiger partial charge in [-0.3, -0.25) is 15.1 Å². The molecule has 29 heavy (non-hydrogen) atoms. The van der Waals surface area contributed by atoms with Crippen molar-refractivity contribution in [3.05, 3.63) is 75.0 Å². The number of benzene rings is 1. The number of ether oxygens (including phenoxy) is 2. The molecule has 0 aliphatic carbocycles. The summed E-state index contributed by atoms with van der Waals surface area (Å²) >= 11 is 1.39. The zero-order valence-electron chi connectivity index (χ0n) is 14.9. The standard InChI is InChI=1S/C19H12N4O5S/c1-27-16-6-5-11(8-15(16)23(25)26)17-22-14(19(24)28-17)9-12-10-29-18(21-12)13-4-2-3-7-20-13/h2-10H,1H3/b14-9+. The van der Waals surface area contributed by atoms with E-state index >= 15 is 0 Å². The molecule has 0 N–H and O–H groups in total. The van der Waals surface area contributed by atoms with Gasteiger partial charge in [-0.15, -0.1) is 11.3 Å². The molecule has 10 heteroatoms. The molecule has 2 aromatic heterocycles. The molecule has 0 radical (unpaired) electrons. The molecule has 1 aliphatic rings. The number of nitro benzene ring substituents is 1. The predicted molar refractivity (Wildman–Crippen MR) is 106 cm³/mol. The highest BCUT2D eigenvalue weighted by Crippen LogP contribution is 2.30. The number of carbonyl (C=O) groups is 1. The Balaban J connectivity index is 1.64. The lowest BCUT2D eigenvalue weighted by Gasteiger charge is -2.03. The summed E-state index contributed by atoms with van der Waals surface area (Å²) in [6.07, 6.45) is 3.17. The molecule has 0 unspecified atom stereocenters. The molecule has 0 fully saturated rings. The number of carbonyl (C=O) groups excluding carboxylic acids is 1. The zero-order valence-corrected chi connectivity index (χ0v) is 15.8. The van der Waals surface area contributed by atoms with Crippen LogP contribution in [-0.2, 0) is 9.53 Å². The highest BCUT2D eigenvalue weighted by Gasteiger charge is 2.27. The van der Waals surface area contributed by atoms with Crippen LogP contribution in [0.15, 0.2) is 58.7 Å². The predicted octanol–water partition coefficient (Wildman–Crippen LogP) is 3.47. The van der Waals surface area contributed by atoms with Crippen molar-refractivity contribution in [2.75, 3.05) is 7.11 Å². The van der Waals surface area contributed by atoms with E-state index < -0.39 is 10.9 Å². The van der Waals surface area contributed by atoms with Gasteiger partial charge in [0.2, 0.25) is 5.90 Å². The van der Waals surface area contributed by atoms with Crippen molar-refractivity contribution in [3.63, 3.8) is 0 Å². The average Bonchev–Trinajstić information content (AvgIpc) is 3.35. The highest BCUT2D eigenvalue weighted by molar-refractivity contribution is 7.13. The minimum absolute atomic E-state index is 0.0211. The summed E-state index contributed by atoms with van der Waals surface area (Å²) < 4.78 is 10.1. The summed E-state index contributed by atoms with van der Waals surface area (Å²) in [4.78, 5) is 35.6. The van der Waals surface area contributed by atoms with Crippen LogP contribution in [-0.4, -0.2) is 33.9 Å². The Morgan fingerprint density at radius 3 is 2.86 bits per heavy atom. The number of methoxy groups -OCH3 is 1. The van der Waals surface area contributed by atoms with E-state index in [4.69, 9.17) is 9.47 Å². The van der Waals surface area contributed by atoms with Crippen LogP contribution in [0, 0.1) is 10.1 Å². The van der Waals surface area contributed by atoms with Crippen molar-refractivity contribution in [2.45, 2.75) is 0 Å². The summed E-state index contributed by atoms with van der Waals surface area (Å²) in [5, 5.41) is 13.7. The number of aromatic nitrogens is 2. The summed E-state index contributed by atoms with van der Waals surface area (Å²) in [6, 6.07) is 9.71. The molecule has 0 saturated heterocycles. The molecule has 1 aliphatic heterocycles. The number of thiazole rings is 1. The van der Waals surface area contributed by atoms with Gasteiger partial charge in [-0.25, -0.2) is 14.8 Å². The molecule has 9 nitrogen and oxygen atoms in total. The second-order valence-corrected chi connectivity index (χ2v) is 6.63. The molecule has 1 aromatic carbocycles. The van der Waals surface area contributed by atoms with Gasteiger partial charge in [-0.2, -0.15) is 0 Å². The maximum Gasteiger partial charge on any atom is 0.363 e. The Hall–Kier alpha value is -3.92. The summed E-state index contributed by atoms with van der Waals surface area (Å²) in [5.74, 6) is -0.581. The van der Waals surface area contributed by atoms with Gasteiger partial charge in [0.05, 0.1) is 23.4 Å². The van der Waals surface area contributed by atoms with Crippen molar-refractivity contribution >= 4 is 35.0 Å². The number of cyclic esters (lactones) is 1. The quantitative estimate of drug-likeness (QED) is 0.275. The molecular weight excluding hydrogens is 396 g/mol. The molecule has 0 bridgehead atoms. The van der Waals surface area contributed by atoms with E-state index in [9.17, 15) is 14.9 Å². The fourth-order valence-corrected chi connectivity index (χ4v) is 3.35. The lowest BCUT2D eigenvalue weighted by molar-refractivity contribution is -0.385. The van der Waals surface area contributed by atoms with Crippen LogP contribution in [0.25, 0.3) is 16.8 Å². The van der Waals surface area contributed by atoms with Crippen molar-refractivity contribution in [1.29, 1.82) is 0 Å². The van der Waals surface area contributed by atoms with Crippen LogP contribution in [0.4, 0.5) is 5.69 Å². The van der Waals surface area contributed by atoms with E-state index in [1.54, 1.807) is 11.6 Å². The fourth-order valence-electron chi connectivity index (χ4n) is 2.60. The monoisotopic (exact) mass is 408 g/mol. The molecule has 0 spiro atoms. The minimum atomic E-state index is -0.661. The largest absolute Gasteiger partial charge is 0.490 e. The third kappa shape index (κ3) is 3.73. The van der Waals surface area contributed by atoms with Crippen molar-refractivity contribution in [3.8, 4) is 16.5 Å².